The number of rotatable bonds is 7. The molecular formula is C17H29NO3. The van der Waals surface area contributed by atoms with Crippen LogP contribution in [0, 0.1) is 5.92 Å². The van der Waals surface area contributed by atoms with E-state index < -0.39 is 11.8 Å². The lowest BCUT2D eigenvalue weighted by Gasteiger charge is -2.61. The van der Waals surface area contributed by atoms with E-state index in [4.69, 9.17) is 4.74 Å². The molecule has 0 bridgehead atoms. The van der Waals surface area contributed by atoms with Gasteiger partial charge in [0.05, 0.1) is 24.7 Å². The van der Waals surface area contributed by atoms with Crippen LogP contribution in [0.4, 0.5) is 0 Å². The fraction of sp³-hybridized carbons (Fsp3) is 0.824. The van der Waals surface area contributed by atoms with E-state index in [9.17, 15) is 9.90 Å². The van der Waals surface area contributed by atoms with Crippen LogP contribution in [0.15, 0.2) is 12.2 Å². The van der Waals surface area contributed by atoms with Gasteiger partial charge < -0.3 is 14.7 Å². The Morgan fingerprint density at radius 3 is 2.43 bits per heavy atom. The number of amides is 1. The second-order valence-electron chi connectivity index (χ2n) is 6.52. The first-order valence-corrected chi connectivity index (χ1v) is 8.31. The first-order chi connectivity index (χ1) is 9.98. The number of nitrogens with zero attached hydrogens (tertiary/aromatic N) is 1. The predicted octanol–water partition coefficient (Wildman–Crippen LogP) is 2.86. The summed E-state index contributed by atoms with van der Waals surface area (Å²) in [6.45, 7) is 10.6. The molecular weight excluding hydrogens is 266 g/mol. The standard InChI is InChI=1S/C17H29NO3/c1-5-7-9-17(10-8-6-2)18-15(12(3)11-21-17)14(13(4)19)16(18)20/h13-15,19H,3,5-11H2,1-2,4H3/t13-,14-,15-/m1/s1. The van der Waals surface area contributed by atoms with Crippen LogP contribution < -0.4 is 0 Å². The minimum Gasteiger partial charge on any atom is -0.392 e. The minimum absolute atomic E-state index is 0.0306. The molecule has 1 N–H and O–H groups in total. The maximum atomic E-state index is 12.6. The smallest absolute Gasteiger partial charge is 0.233 e. The van der Waals surface area contributed by atoms with Crippen molar-refractivity contribution in [3.8, 4) is 0 Å². The van der Waals surface area contributed by atoms with E-state index in [0.29, 0.717) is 6.61 Å². The molecule has 3 atom stereocenters. The van der Waals surface area contributed by atoms with Crippen molar-refractivity contribution >= 4 is 5.91 Å². The summed E-state index contributed by atoms with van der Waals surface area (Å²) in [6, 6.07) is -0.0417. The van der Waals surface area contributed by atoms with E-state index in [1.54, 1.807) is 6.92 Å². The molecule has 0 aliphatic carbocycles. The maximum absolute atomic E-state index is 12.6. The number of carbonyl (C=O) groups excluding carboxylic acids is 1. The molecule has 2 aliphatic heterocycles. The summed E-state index contributed by atoms with van der Waals surface area (Å²) in [5.74, 6) is -0.299. The number of carbonyl (C=O) groups is 1. The van der Waals surface area contributed by atoms with Crippen LogP contribution >= 0.6 is 0 Å². The predicted molar refractivity (Wildman–Crippen MR) is 82.7 cm³/mol. The number of unbranched alkanes of at least 4 members (excludes halogenated alkanes) is 2. The van der Waals surface area contributed by atoms with E-state index in [0.717, 1.165) is 44.1 Å². The number of aliphatic hydroxyl groups is 1. The summed E-state index contributed by atoms with van der Waals surface area (Å²) in [6.07, 6.45) is 5.41. The molecule has 4 heteroatoms. The third-order valence-electron chi connectivity index (χ3n) is 4.89. The molecule has 0 aromatic carbocycles. The first-order valence-electron chi connectivity index (χ1n) is 8.31. The Balaban J connectivity index is 2.25. The Morgan fingerprint density at radius 2 is 1.95 bits per heavy atom. The number of hydrogen-bond acceptors (Lipinski definition) is 3. The van der Waals surface area contributed by atoms with Gasteiger partial charge in [0.1, 0.15) is 5.72 Å². The van der Waals surface area contributed by atoms with Gasteiger partial charge >= 0.3 is 0 Å². The van der Waals surface area contributed by atoms with Crippen LogP contribution in [0.5, 0.6) is 0 Å². The van der Waals surface area contributed by atoms with Crippen LogP contribution in [0.25, 0.3) is 0 Å². The van der Waals surface area contributed by atoms with Gasteiger partial charge in [-0.25, -0.2) is 0 Å². The average Bonchev–Trinajstić information content (AvgIpc) is 2.44. The van der Waals surface area contributed by atoms with Crippen molar-refractivity contribution < 1.29 is 14.6 Å². The van der Waals surface area contributed by atoms with Crippen LogP contribution in [0.1, 0.15) is 59.3 Å². The Hall–Kier alpha value is -0.870. The Morgan fingerprint density at radius 1 is 1.38 bits per heavy atom. The Kier molecular flexibility index (Phi) is 5.10. The van der Waals surface area contributed by atoms with Gasteiger partial charge in [-0.1, -0.05) is 33.3 Å². The molecule has 1 amide bonds. The topological polar surface area (TPSA) is 49.8 Å². The van der Waals surface area contributed by atoms with Gasteiger partial charge in [-0.15, -0.1) is 0 Å². The van der Waals surface area contributed by atoms with E-state index >= 15 is 0 Å². The molecule has 0 aromatic heterocycles. The molecule has 2 fully saturated rings. The summed E-state index contributed by atoms with van der Waals surface area (Å²) in [5.41, 5.74) is 0.449. The number of fused-ring (bicyclic) bond motifs is 1. The van der Waals surface area contributed by atoms with E-state index in [1.807, 2.05) is 4.90 Å². The molecule has 120 valence electrons. The highest BCUT2D eigenvalue weighted by atomic mass is 16.5. The van der Waals surface area contributed by atoms with E-state index in [2.05, 4.69) is 20.4 Å². The van der Waals surface area contributed by atoms with Crippen molar-refractivity contribution in [2.75, 3.05) is 6.61 Å². The molecule has 21 heavy (non-hydrogen) atoms. The van der Waals surface area contributed by atoms with E-state index in [1.165, 1.54) is 0 Å². The lowest BCUT2D eigenvalue weighted by atomic mass is 9.74. The third kappa shape index (κ3) is 2.76. The van der Waals surface area contributed by atoms with E-state index in [-0.39, 0.29) is 17.9 Å². The number of aliphatic hydroxyl groups excluding tert-OH is 1. The van der Waals surface area contributed by atoms with Gasteiger partial charge in [0.2, 0.25) is 5.91 Å². The summed E-state index contributed by atoms with van der Waals surface area (Å²) in [5, 5.41) is 9.89. The van der Waals surface area contributed by atoms with Crippen LogP contribution in [0.3, 0.4) is 0 Å². The quantitative estimate of drug-likeness (QED) is 0.580. The second kappa shape index (κ2) is 6.49. The zero-order valence-corrected chi connectivity index (χ0v) is 13.6. The first kappa shape index (κ1) is 16.5. The second-order valence-corrected chi connectivity index (χ2v) is 6.52. The zero-order chi connectivity index (χ0) is 15.6. The Bertz CT molecular complexity index is 397. The van der Waals surface area contributed by atoms with Crippen molar-refractivity contribution in [2.24, 2.45) is 5.92 Å². The number of ether oxygens (including phenoxy) is 1. The fourth-order valence-corrected chi connectivity index (χ4v) is 3.67. The molecule has 2 rings (SSSR count). The average molecular weight is 295 g/mol. The minimum atomic E-state index is -0.622. The summed E-state index contributed by atoms with van der Waals surface area (Å²) in [4.78, 5) is 14.5. The molecule has 2 heterocycles. The lowest BCUT2D eigenvalue weighted by Crippen LogP contribution is -2.75. The van der Waals surface area contributed by atoms with Crippen molar-refractivity contribution in [1.82, 2.24) is 4.90 Å². The van der Waals surface area contributed by atoms with Crippen molar-refractivity contribution in [3.63, 3.8) is 0 Å². The molecule has 2 aliphatic rings. The van der Waals surface area contributed by atoms with Gasteiger partial charge in [0.25, 0.3) is 0 Å². The van der Waals surface area contributed by atoms with Crippen molar-refractivity contribution in [2.45, 2.75) is 77.2 Å². The highest BCUT2D eigenvalue weighted by Gasteiger charge is 2.60. The SMILES string of the molecule is C=C1COC(CCCC)(CCCC)N2C(=O)[C@H]([C@@H](C)O)[C@@H]12. The monoisotopic (exact) mass is 295 g/mol. The number of β-lactam (4-membered cyclic amide) rings is 1. The largest absolute Gasteiger partial charge is 0.392 e. The lowest BCUT2D eigenvalue weighted by molar-refractivity contribution is -0.242. The van der Waals surface area contributed by atoms with Crippen LogP contribution in [-0.4, -0.2) is 40.4 Å². The van der Waals surface area contributed by atoms with Crippen molar-refractivity contribution in [1.29, 1.82) is 0 Å². The molecule has 0 unspecified atom stereocenters. The van der Waals surface area contributed by atoms with Crippen molar-refractivity contribution in [3.05, 3.63) is 12.2 Å². The molecule has 0 radical (unpaired) electrons. The highest BCUT2D eigenvalue weighted by Crippen LogP contribution is 2.47. The highest BCUT2D eigenvalue weighted by molar-refractivity contribution is 5.88. The fourth-order valence-electron chi connectivity index (χ4n) is 3.67. The van der Waals surface area contributed by atoms with Gasteiger partial charge in [-0.05, 0) is 38.2 Å². The summed E-state index contributed by atoms with van der Waals surface area (Å²) in [7, 11) is 0. The zero-order valence-electron chi connectivity index (χ0n) is 13.6. The third-order valence-corrected chi connectivity index (χ3v) is 4.89. The summed E-state index contributed by atoms with van der Waals surface area (Å²) >= 11 is 0. The van der Waals surface area contributed by atoms with Gasteiger partial charge in [0, 0.05) is 0 Å². The number of hydrogen-bond donors (Lipinski definition) is 1. The molecule has 2 saturated heterocycles. The van der Waals surface area contributed by atoms with Crippen LogP contribution in [-0.2, 0) is 9.53 Å². The normalized spacial score (nSPS) is 29.0. The van der Waals surface area contributed by atoms with Gasteiger partial charge in [0.15, 0.2) is 0 Å². The van der Waals surface area contributed by atoms with Crippen LogP contribution in [0.2, 0.25) is 0 Å². The molecule has 4 nitrogen and oxygen atoms in total. The Labute approximate surface area is 128 Å². The summed E-state index contributed by atoms with van der Waals surface area (Å²) < 4.78 is 6.14. The maximum Gasteiger partial charge on any atom is 0.233 e. The molecule has 0 aromatic rings. The molecule has 0 spiro atoms. The van der Waals surface area contributed by atoms with Gasteiger partial charge in [-0.2, -0.15) is 0 Å². The molecule has 0 saturated carbocycles. The van der Waals surface area contributed by atoms with Gasteiger partial charge in [-0.3, -0.25) is 4.79 Å².